The third kappa shape index (κ3) is 8.52. The minimum absolute atomic E-state index is 0.813. The molecule has 0 saturated carbocycles. The Kier molecular flexibility index (Phi) is 10.9. The summed E-state index contributed by atoms with van der Waals surface area (Å²) in [6, 6.07) is 0. The van der Waals surface area contributed by atoms with Crippen LogP contribution in [0.25, 0.3) is 0 Å². The molecular formula is C20H32N2. The Balaban J connectivity index is 5.28. The minimum Gasteiger partial charge on any atom is -0.348 e. The first kappa shape index (κ1) is 20.2. The van der Waals surface area contributed by atoms with Crippen LogP contribution in [0, 0.1) is 12.3 Å². The molecule has 0 bridgehead atoms. The van der Waals surface area contributed by atoms with E-state index in [9.17, 15) is 0 Å². The zero-order chi connectivity index (χ0) is 17.0. The molecule has 0 atom stereocenters. The SMILES string of the molecule is C#C/C(=C\C=C(C)C)C/C(C)=C(\CCCC)NC(CC)=NC. The second-order valence-electron chi connectivity index (χ2n) is 5.77. The van der Waals surface area contributed by atoms with Crippen LogP contribution in [0.3, 0.4) is 0 Å². The maximum Gasteiger partial charge on any atom is 0.0998 e. The van der Waals surface area contributed by atoms with Gasteiger partial charge in [0.15, 0.2) is 0 Å². The fourth-order valence-corrected chi connectivity index (χ4v) is 2.03. The molecule has 122 valence electrons. The van der Waals surface area contributed by atoms with Crippen molar-refractivity contribution in [2.45, 2.75) is 66.7 Å². The summed E-state index contributed by atoms with van der Waals surface area (Å²) in [6.07, 6.45) is 14.9. The normalized spacial score (nSPS) is 13.3. The number of unbranched alkanes of at least 4 members (excludes halogenated alkanes) is 1. The van der Waals surface area contributed by atoms with E-state index in [0.717, 1.165) is 30.7 Å². The maximum atomic E-state index is 5.65. The Morgan fingerprint density at radius 1 is 1.18 bits per heavy atom. The molecule has 0 unspecified atom stereocenters. The molecule has 22 heavy (non-hydrogen) atoms. The number of allylic oxidation sites excluding steroid dienone is 6. The van der Waals surface area contributed by atoms with Crippen LogP contribution < -0.4 is 5.32 Å². The lowest BCUT2D eigenvalue weighted by Crippen LogP contribution is -2.23. The van der Waals surface area contributed by atoms with Crippen molar-refractivity contribution in [2.75, 3.05) is 7.05 Å². The number of rotatable bonds is 8. The summed E-state index contributed by atoms with van der Waals surface area (Å²) >= 11 is 0. The van der Waals surface area contributed by atoms with Crippen LogP contribution in [0.1, 0.15) is 66.7 Å². The van der Waals surface area contributed by atoms with Crippen molar-refractivity contribution in [1.29, 1.82) is 0 Å². The Morgan fingerprint density at radius 3 is 2.32 bits per heavy atom. The second kappa shape index (κ2) is 11.9. The van der Waals surface area contributed by atoms with Gasteiger partial charge in [-0.1, -0.05) is 43.9 Å². The summed E-state index contributed by atoms with van der Waals surface area (Å²) in [5, 5.41) is 3.50. The number of aliphatic imine (C=N–C) groups is 1. The highest BCUT2D eigenvalue weighted by atomic mass is 15.0. The van der Waals surface area contributed by atoms with Gasteiger partial charge in [-0.15, -0.1) is 6.42 Å². The molecule has 0 spiro atoms. The fourth-order valence-electron chi connectivity index (χ4n) is 2.03. The molecule has 0 aromatic rings. The molecule has 0 amide bonds. The molecule has 0 aromatic carbocycles. The van der Waals surface area contributed by atoms with Crippen LogP contribution in [-0.2, 0) is 0 Å². The van der Waals surface area contributed by atoms with Crippen LogP contribution >= 0.6 is 0 Å². The first-order chi connectivity index (χ1) is 10.5. The van der Waals surface area contributed by atoms with E-state index >= 15 is 0 Å². The first-order valence-electron chi connectivity index (χ1n) is 8.20. The van der Waals surface area contributed by atoms with Crippen molar-refractivity contribution in [2.24, 2.45) is 4.99 Å². The van der Waals surface area contributed by atoms with Gasteiger partial charge in [-0.25, -0.2) is 0 Å². The molecule has 2 heteroatoms. The van der Waals surface area contributed by atoms with E-state index < -0.39 is 0 Å². The van der Waals surface area contributed by atoms with Gasteiger partial charge < -0.3 is 5.32 Å². The summed E-state index contributed by atoms with van der Waals surface area (Å²) in [6.45, 7) is 10.6. The standard InChI is InChI=1S/C20H32N2/c1-8-11-12-19(22-20(10-3)21-7)17(6)15-18(9-2)14-13-16(4)5/h2,13-14H,8,10-12,15H2,1,3-7H3,(H,21,22)/b18-14+,19-17+. The number of hydrogen-bond donors (Lipinski definition) is 1. The molecular weight excluding hydrogens is 268 g/mol. The highest BCUT2D eigenvalue weighted by Crippen LogP contribution is 2.18. The van der Waals surface area contributed by atoms with Gasteiger partial charge in [0, 0.05) is 31.2 Å². The van der Waals surface area contributed by atoms with Crippen molar-refractivity contribution in [1.82, 2.24) is 5.32 Å². The third-order valence-corrected chi connectivity index (χ3v) is 3.45. The maximum absolute atomic E-state index is 5.65. The van der Waals surface area contributed by atoms with Gasteiger partial charge in [-0.2, -0.15) is 0 Å². The van der Waals surface area contributed by atoms with E-state index in [1.165, 1.54) is 29.7 Å². The van der Waals surface area contributed by atoms with E-state index in [0.29, 0.717) is 0 Å². The van der Waals surface area contributed by atoms with E-state index in [1.807, 2.05) is 13.1 Å². The average Bonchev–Trinajstić information content (AvgIpc) is 2.51. The molecule has 1 N–H and O–H groups in total. The van der Waals surface area contributed by atoms with Crippen molar-refractivity contribution >= 4 is 5.84 Å². The Morgan fingerprint density at radius 2 is 1.86 bits per heavy atom. The van der Waals surface area contributed by atoms with Crippen molar-refractivity contribution in [3.63, 3.8) is 0 Å². The highest BCUT2D eigenvalue weighted by Gasteiger charge is 2.06. The van der Waals surface area contributed by atoms with Crippen LogP contribution in [0.15, 0.2) is 39.6 Å². The number of amidine groups is 1. The van der Waals surface area contributed by atoms with Crippen LogP contribution in [0.4, 0.5) is 0 Å². The number of nitrogens with one attached hydrogen (secondary N) is 1. The molecule has 0 radical (unpaired) electrons. The van der Waals surface area contributed by atoms with Crippen molar-refractivity contribution in [3.05, 3.63) is 34.6 Å². The summed E-state index contributed by atoms with van der Waals surface area (Å²) in [7, 11) is 1.83. The molecule has 0 heterocycles. The van der Waals surface area contributed by atoms with Gasteiger partial charge in [-0.05, 0) is 39.2 Å². The number of terminal acetylenes is 1. The molecule has 0 aliphatic heterocycles. The van der Waals surface area contributed by atoms with Crippen molar-refractivity contribution < 1.29 is 0 Å². The second-order valence-corrected chi connectivity index (χ2v) is 5.77. The smallest absolute Gasteiger partial charge is 0.0998 e. The lowest BCUT2D eigenvalue weighted by Gasteiger charge is -2.16. The average molecular weight is 300 g/mol. The van der Waals surface area contributed by atoms with E-state index in [-0.39, 0.29) is 0 Å². The summed E-state index contributed by atoms with van der Waals surface area (Å²) in [5.41, 5.74) is 4.84. The van der Waals surface area contributed by atoms with Gasteiger partial charge in [0.1, 0.15) is 0 Å². The molecule has 0 aliphatic carbocycles. The fraction of sp³-hybridized carbons (Fsp3) is 0.550. The highest BCUT2D eigenvalue weighted by molar-refractivity contribution is 5.83. The van der Waals surface area contributed by atoms with Gasteiger partial charge in [0.2, 0.25) is 0 Å². The topological polar surface area (TPSA) is 24.4 Å². The van der Waals surface area contributed by atoms with Crippen LogP contribution in [0.5, 0.6) is 0 Å². The Bertz CT molecular complexity index is 492. The summed E-state index contributed by atoms with van der Waals surface area (Å²) < 4.78 is 0. The van der Waals surface area contributed by atoms with E-state index in [1.54, 1.807) is 0 Å². The molecule has 0 aliphatic rings. The predicted octanol–water partition coefficient (Wildman–Crippen LogP) is 5.39. The molecule has 0 saturated heterocycles. The lowest BCUT2D eigenvalue weighted by atomic mass is 10.0. The zero-order valence-electron chi connectivity index (χ0n) is 15.2. The van der Waals surface area contributed by atoms with E-state index in [4.69, 9.17) is 6.42 Å². The monoisotopic (exact) mass is 300 g/mol. The first-order valence-corrected chi connectivity index (χ1v) is 8.20. The van der Waals surface area contributed by atoms with Gasteiger partial charge in [-0.3, -0.25) is 4.99 Å². The molecule has 2 nitrogen and oxygen atoms in total. The quantitative estimate of drug-likeness (QED) is 0.276. The molecule has 0 fully saturated rings. The van der Waals surface area contributed by atoms with Gasteiger partial charge >= 0.3 is 0 Å². The van der Waals surface area contributed by atoms with Crippen LogP contribution in [-0.4, -0.2) is 12.9 Å². The van der Waals surface area contributed by atoms with Crippen LogP contribution in [0.2, 0.25) is 0 Å². The Labute approximate surface area is 137 Å². The largest absolute Gasteiger partial charge is 0.348 e. The lowest BCUT2D eigenvalue weighted by molar-refractivity contribution is 0.747. The Hall–Kier alpha value is -1.75. The predicted molar refractivity (Wildman–Crippen MR) is 100.0 cm³/mol. The number of hydrogen-bond acceptors (Lipinski definition) is 1. The summed E-state index contributed by atoms with van der Waals surface area (Å²) in [4.78, 5) is 4.30. The third-order valence-electron chi connectivity index (χ3n) is 3.45. The summed E-state index contributed by atoms with van der Waals surface area (Å²) in [5.74, 6) is 3.83. The minimum atomic E-state index is 0.813. The van der Waals surface area contributed by atoms with Gasteiger partial charge in [0.05, 0.1) is 5.84 Å². The van der Waals surface area contributed by atoms with Gasteiger partial charge in [0.25, 0.3) is 0 Å². The van der Waals surface area contributed by atoms with E-state index in [2.05, 4.69) is 56.9 Å². The number of nitrogens with zero attached hydrogens (tertiary/aromatic N) is 1. The molecule has 0 rings (SSSR count). The zero-order valence-corrected chi connectivity index (χ0v) is 15.2. The van der Waals surface area contributed by atoms with Crippen molar-refractivity contribution in [3.8, 4) is 12.3 Å². The molecule has 0 aromatic heterocycles.